The summed E-state index contributed by atoms with van der Waals surface area (Å²) in [7, 11) is 1.77. The highest BCUT2D eigenvalue weighted by molar-refractivity contribution is 6.31. The molecule has 114 valence electrons. The minimum Gasteiger partial charge on any atom is -0.381 e. The summed E-state index contributed by atoms with van der Waals surface area (Å²) >= 11 is 12.0. The van der Waals surface area contributed by atoms with E-state index in [0.29, 0.717) is 16.9 Å². The van der Waals surface area contributed by atoms with Crippen molar-refractivity contribution >= 4 is 34.4 Å². The molecule has 2 atom stereocenters. The average Bonchev–Trinajstić information content (AvgIpc) is 2.76. The van der Waals surface area contributed by atoms with Crippen LogP contribution in [-0.4, -0.2) is 33.6 Å². The Bertz CT molecular complexity index is 668. The van der Waals surface area contributed by atoms with Crippen LogP contribution in [0.4, 0.5) is 0 Å². The van der Waals surface area contributed by atoms with Gasteiger partial charge in [0.05, 0.1) is 11.1 Å². The molecule has 2 aromatic heterocycles. The lowest BCUT2D eigenvalue weighted by atomic mass is 9.64. The van der Waals surface area contributed by atoms with E-state index in [0.717, 1.165) is 29.8 Å². The second-order valence-electron chi connectivity index (χ2n) is 6.13. The number of aromatic nitrogens is 3. The zero-order valence-electron chi connectivity index (χ0n) is 12.4. The summed E-state index contributed by atoms with van der Waals surface area (Å²) in [6, 6.07) is 2.18. The molecule has 0 radical (unpaired) electrons. The first-order valence-electron chi connectivity index (χ1n) is 7.10. The molecule has 1 aliphatic rings. The monoisotopic (exact) mass is 327 g/mol. The van der Waals surface area contributed by atoms with Crippen molar-refractivity contribution < 1.29 is 4.74 Å². The van der Waals surface area contributed by atoms with Gasteiger partial charge in [-0.2, -0.15) is 0 Å². The molecule has 2 unspecified atom stereocenters. The first-order valence-corrected chi connectivity index (χ1v) is 8.01. The maximum absolute atomic E-state index is 6.03. The Morgan fingerprint density at radius 2 is 2.24 bits per heavy atom. The molecular weight excluding hydrogens is 309 g/mol. The number of imidazole rings is 1. The number of fused-ring (bicyclic) bond motifs is 1. The van der Waals surface area contributed by atoms with E-state index in [1.54, 1.807) is 13.3 Å². The fourth-order valence-corrected chi connectivity index (χ4v) is 3.62. The molecule has 0 amide bonds. The molecule has 0 N–H and O–H groups in total. The highest BCUT2D eigenvalue weighted by atomic mass is 35.5. The fourth-order valence-electron chi connectivity index (χ4n) is 3.30. The van der Waals surface area contributed by atoms with E-state index >= 15 is 0 Å². The number of aryl methyl sites for hydroxylation is 1. The number of alkyl halides is 1. The highest BCUT2D eigenvalue weighted by Crippen LogP contribution is 2.52. The third kappa shape index (κ3) is 2.33. The first-order chi connectivity index (χ1) is 9.98. The molecule has 2 heterocycles. The van der Waals surface area contributed by atoms with Crippen LogP contribution in [0.1, 0.15) is 32.1 Å². The van der Waals surface area contributed by atoms with Crippen molar-refractivity contribution in [2.24, 2.45) is 5.41 Å². The second kappa shape index (κ2) is 5.41. The molecule has 1 saturated carbocycles. The molecule has 0 saturated heterocycles. The van der Waals surface area contributed by atoms with E-state index in [1.807, 2.05) is 6.07 Å². The Morgan fingerprint density at radius 3 is 2.86 bits per heavy atom. The first kappa shape index (κ1) is 15.1. The number of nitrogens with zero attached hydrogens (tertiary/aromatic N) is 3. The van der Waals surface area contributed by atoms with Gasteiger partial charge in [0, 0.05) is 37.1 Å². The third-order valence-electron chi connectivity index (χ3n) is 4.61. The number of hydrogen-bond donors (Lipinski definition) is 0. The minimum absolute atomic E-state index is 0.0464. The lowest BCUT2D eigenvalue weighted by Crippen LogP contribution is -2.51. The third-order valence-corrected chi connectivity index (χ3v) is 5.01. The van der Waals surface area contributed by atoms with Crippen LogP contribution in [0.2, 0.25) is 5.02 Å². The smallest absolute Gasteiger partial charge is 0.160 e. The molecule has 0 aliphatic heterocycles. The topological polar surface area (TPSA) is 39.9 Å². The Balaban J connectivity index is 2.10. The second-order valence-corrected chi connectivity index (χ2v) is 6.94. The van der Waals surface area contributed by atoms with E-state index < -0.39 is 0 Å². The summed E-state index contributed by atoms with van der Waals surface area (Å²) in [6.07, 6.45) is 3.62. The molecule has 2 aromatic rings. The summed E-state index contributed by atoms with van der Waals surface area (Å²) in [5, 5.41) is 0.604. The lowest BCUT2D eigenvalue weighted by Gasteiger charge is -2.51. The Morgan fingerprint density at radius 1 is 1.48 bits per heavy atom. The molecule has 4 nitrogen and oxygen atoms in total. The van der Waals surface area contributed by atoms with Gasteiger partial charge in [-0.1, -0.05) is 25.4 Å². The van der Waals surface area contributed by atoms with Crippen LogP contribution in [0.25, 0.3) is 11.2 Å². The van der Waals surface area contributed by atoms with Crippen molar-refractivity contribution in [2.45, 2.75) is 38.8 Å². The molecule has 6 heteroatoms. The molecule has 1 aliphatic carbocycles. The van der Waals surface area contributed by atoms with Gasteiger partial charge < -0.3 is 9.30 Å². The van der Waals surface area contributed by atoms with Gasteiger partial charge in [0.25, 0.3) is 0 Å². The van der Waals surface area contributed by atoms with Crippen molar-refractivity contribution in [3.05, 3.63) is 23.1 Å². The van der Waals surface area contributed by atoms with Crippen LogP contribution in [0, 0.1) is 5.41 Å². The van der Waals surface area contributed by atoms with Gasteiger partial charge in [0.15, 0.2) is 5.65 Å². The van der Waals surface area contributed by atoms with Gasteiger partial charge in [-0.05, 0) is 12.5 Å². The molecule has 21 heavy (non-hydrogen) atoms. The van der Waals surface area contributed by atoms with Crippen molar-refractivity contribution in [3.63, 3.8) is 0 Å². The number of rotatable bonds is 4. The van der Waals surface area contributed by atoms with Gasteiger partial charge in [0.1, 0.15) is 11.3 Å². The summed E-state index contributed by atoms with van der Waals surface area (Å²) < 4.78 is 7.79. The van der Waals surface area contributed by atoms with Gasteiger partial charge in [-0.15, -0.1) is 11.6 Å². The number of halogens is 2. The fraction of sp³-hybridized carbons (Fsp3) is 0.600. The van der Waals surface area contributed by atoms with Crippen molar-refractivity contribution in [3.8, 4) is 0 Å². The van der Waals surface area contributed by atoms with Gasteiger partial charge >= 0.3 is 0 Å². The molecule has 3 rings (SSSR count). The van der Waals surface area contributed by atoms with Gasteiger partial charge in [-0.25, -0.2) is 9.97 Å². The van der Waals surface area contributed by atoms with E-state index in [4.69, 9.17) is 27.9 Å². The average molecular weight is 328 g/mol. The van der Waals surface area contributed by atoms with Crippen molar-refractivity contribution in [1.29, 1.82) is 0 Å². The quantitative estimate of drug-likeness (QED) is 0.800. The van der Waals surface area contributed by atoms with Crippen LogP contribution in [-0.2, 0) is 11.2 Å². The number of methoxy groups -OCH3 is 1. The summed E-state index contributed by atoms with van der Waals surface area (Å²) in [5.41, 5.74) is 1.76. The minimum atomic E-state index is 0.0464. The van der Waals surface area contributed by atoms with Crippen LogP contribution in [0.3, 0.4) is 0 Å². The SMILES string of the molecule is COC1CC(n2c(CCCl)nc3cc(Cl)cnc32)C1(C)C. The Labute approximate surface area is 134 Å². The summed E-state index contributed by atoms with van der Waals surface area (Å²) in [5.74, 6) is 1.51. The van der Waals surface area contributed by atoms with Gasteiger partial charge in [0.2, 0.25) is 0 Å². The maximum atomic E-state index is 6.03. The maximum Gasteiger partial charge on any atom is 0.160 e. The zero-order valence-corrected chi connectivity index (χ0v) is 13.9. The zero-order chi connectivity index (χ0) is 15.2. The lowest BCUT2D eigenvalue weighted by molar-refractivity contribution is -0.112. The molecule has 0 bridgehead atoms. The van der Waals surface area contributed by atoms with Crippen LogP contribution < -0.4 is 0 Å². The molecule has 1 fully saturated rings. The summed E-state index contributed by atoms with van der Waals surface area (Å²) in [4.78, 5) is 9.16. The van der Waals surface area contributed by atoms with Crippen molar-refractivity contribution in [2.75, 3.05) is 13.0 Å². The number of pyridine rings is 1. The predicted molar refractivity (Wildman–Crippen MR) is 85.2 cm³/mol. The van der Waals surface area contributed by atoms with E-state index in [1.165, 1.54) is 0 Å². The van der Waals surface area contributed by atoms with Crippen LogP contribution >= 0.6 is 23.2 Å². The Hall–Kier alpha value is -0.840. The van der Waals surface area contributed by atoms with Crippen LogP contribution in [0.15, 0.2) is 12.3 Å². The highest BCUT2D eigenvalue weighted by Gasteiger charge is 2.50. The van der Waals surface area contributed by atoms with Crippen molar-refractivity contribution in [1.82, 2.24) is 14.5 Å². The number of ether oxygens (including phenoxy) is 1. The van der Waals surface area contributed by atoms with E-state index in [9.17, 15) is 0 Å². The Kier molecular flexibility index (Phi) is 3.89. The largest absolute Gasteiger partial charge is 0.381 e. The van der Waals surface area contributed by atoms with Crippen LogP contribution in [0.5, 0.6) is 0 Å². The normalized spacial score (nSPS) is 24.2. The molecule has 0 spiro atoms. The standard InChI is InChI=1S/C15H19Cl2N3O/c1-15(2)11(7-12(15)21-3)20-13(4-5-16)19-10-6-9(17)8-18-14(10)20/h6,8,11-12H,4-5,7H2,1-3H3. The van der Waals surface area contributed by atoms with E-state index in [-0.39, 0.29) is 11.5 Å². The summed E-state index contributed by atoms with van der Waals surface area (Å²) in [6.45, 7) is 4.45. The predicted octanol–water partition coefficient (Wildman–Crippen LogP) is 3.85. The molecular formula is C15H19Cl2N3O. The number of hydrogen-bond acceptors (Lipinski definition) is 3. The molecule has 0 aromatic carbocycles. The van der Waals surface area contributed by atoms with Gasteiger partial charge in [-0.3, -0.25) is 0 Å². The van der Waals surface area contributed by atoms with E-state index in [2.05, 4.69) is 28.4 Å².